The first-order valence-corrected chi connectivity index (χ1v) is 6.18. The summed E-state index contributed by atoms with van der Waals surface area (Å²) in [6.07, 6.45) is 0. The maximum absolute atomic E-state index is 4.87. The van der Waals surface area contributed by atoms with Gasteiger partial charge in [-0.3, -0.25) is 0 Å². The summed E-state index contributed by atoms with van der Waals surface area (Å²) >= 11 is 1.77. The van der Waals surface area contributed by atoms with E-state index in [-0.39, 0.29) is 0 Å². The van der Waals surface area contributed by atoms with Crippen LogP contribution < -0.4 is 5.48 Å². The number of para-hydroxylation sites is 1. The third kappa shape index (κ3) is 2.24. The molecule has 0 spiro atoms. The van der Waals surface area contributed by atoms with Crippen LogP contribution in [0.2, 0.25) is 0 Å². The molecule has 0 amide bonds. The number of fused-ring (bicyclic) bond motifs is 1. The van der Waals surface area contributed by atoms with E-state index < -0.39 is 0 Å². The smallest absolute Gasteiger partial charge is 0.0964 e. The molecular weight excluding hydrogens is 220 g/mol. The third-order valence-corrected chi connectivity index (χ3v) is 3.74. The molecule has 4 heteroatoms. The predicted molar refractivity (Wildman–Crippen MR) is 67.6 cm³/mol. The van der Waals surface area contributed by atoms with Crippen LogP contribution in [0.3, 0.4) is 0 Å². The zero-order chi connectivity index (χ0) is 11.5. The van der Waals surface area contributed by atoms with Gasteiger partial charge in [0.1, 0.15) is 0 Å². The van der Waals surface area contributed by atoms with Crippen LogP contribution in [0.5, 0.6) is 0 Å². The molecule has 0 aliphatic rings. The van der Waals surface area contributed by atoms with E-state index in [4.69, 9.17) is 4.84 Å². The molecule has 0 aliphatic carbocycles. The van der Waals surface area contributed by atoms with Crippen LogP contribution in [0.4, 0.5) is 0 Å². The molecule has 1 N–H and O–H groups in total. The first-order chi connectivity index (χ1) is 7.72. The van der Waals surface area contributed by atoms with Gasteiger partial charge in [0.05, 0.1) is 22.3 Å². The summed E-state index contributed by atoms with van der Waals surface area (Å²) in [7, 11) is 1.63. The van der Waals surface area contributed by atoms with Crippen molar-refractivity contribution in [2.45, 2.75) is 26.3 Å². The van der Waals surface area contributed by atoms with Gasteiger partial charge in [0.25, 0.3) is 0 Å². The minimum absolute atomic E-state index is 0.487. The second-order valence-corrected chi connectivity index (χ2v) is 5.06. The molecule has 1 heterocycles. The lowest BCUT2D eigenvalue weighted by atomic mass is 10.2. The fraction of sp³-hybridized carbons (Fsp3) is 0.417. The monoisotopic (exact) mass is 236 g/mol. The Hall–Kier alpha value is -0.970. The van der Waals surface area contributed by atoms with Gasteiger partial charge in [-0.15, -0.1) is 11.3 Å². The molecule has 16 heavy (non-hydrogen) atoms. The van der Waals surface area contributed by atoms with Gasteiger partial charge >= 0.3 is 0 Å². The maximum atomic E-state index is 4.87. The molecule has 2 aromatic rings. The van der Waals surface area contributed by atoms with Crippen molar-refractivity contribution in [1.82, 2.24) is 10.5 Å². The molecular formula is C12H16N2OS. The molecule has 0 bridgehead atoms. The Morgan fingerprint density at radius 1 is 1.44 bits per heavy atom. The fourth-order valence-corrected chi connectivity index (χ4v) is 2.58. The Balaban J connectivity index is 2.41. The number of hydroxylamine groups is 1. The zero-order valence-corrected chi connectivity index (χ0v) is 10.6. The number of benzene rings is 1. The number of hydrogen-bond acceptors (Lipinski definition) is 4. The first kappa shape index (κ1) is 11.5. The summed E-state index contributed by atoms with van der Waals surface area (Å²) in [5.41, 5.74) is 5.14. The van der Waals surface area contributed by atoms with Crippen LogP contribution in [0.25, 0.3) is 10.2 Å². The Kier molecular flexibility index (Phi) is 3.53. The van der Waals surface area contributed by atoms with Gasteiger partial charge < -0.3 is 4.84 Å². The second kappa shape index (κ2) is 4.91. The van der Waals surface area contributed by atoms with Crippen molar-refractivity contribution in [2.24, 2.45) is 0 Å². The number of rotatable bonds is 4. The number of nitrogens with zero attached hydrogens (tertiary/aromatic N) is 1. The Bertz CT molecular complexity index is 479. The molecule has 0 fully saturated rings. The second-order valence-electron chi connectivity index (χ2n) is 4.00. The van der Waals surface area contributed by atoms with Crippen LogP contribution in [-0.4, -0.2) is 12.1 Å². The normalized spacial score (nSPS) is 11.5. The Morgan fingerprint density at radius 2 is 2.25 bits per heavy atom. The van der Waals surface area contributed by atoms with Crippen LogP contribution in [0, 0.1) is 0 Å². The lowest BCUT2D eigenvalue weighted by molar-refractivity contribution is 0.0870. The molecule has 1 aromatic carbocycles. The maximum Gasteiger partial charge on any atom is 0.0964 e. The summed E-state index contributed by atoms with van der Waals surface area (Å²) in [6.45, 7) is 5.03. The van der Waals surface area contributed by atoms with Crippen molar-refractivity contribution < 1.29 is 4.84 Å². The van der Waals surface area contributed by atoms with Gasteiger partial charge in [0, 0.05) is 12.5 Å². The van der Waals surface area contributed by atoms with Crippen LogP contribution >= 0.6 is 11.3 Å². The fourth-order valence-electron chi connectivity index (χ4n) is 1.56. The minimum Gasteiger partial charge on any atom is -0.305 e. The molecule has 0 atom stereocenters. The number of thiazole rings is 1. The number of aromatic nitrogens is 1. The van der Waals surface area contributed by atoms with Crippen molar-refractivity contribution in [3.8, 4) is 0 Å². The van der Waals surface area contributed by atoms with Crippen molar-refractivity contribution in [2.75, 3.05) is 7.11 Å². The highest BCUT2D eigenvalue weighted by Crippen LogP contribution is 2.29. The van der Waals surface area contributed by atoms with Crippen LogP contribution in [-0.2, 0) is 11.4 Å². The predicted octanol–water partition coefficient (Wildman–Crippen LogP) is 3.07. The molecule has 0 saturated carbocycles. The highest BCUT2D eigenvalue weighted by atomic mass is 32.1. The van der Waals surface area contributed by atoms with Crippen molar-refractivity contribution in [3.05, 3.63) is 28.8 Å². The lowest BCUT2D eigenvalue weighted by Gasteiger charge is -2.02. The number of hydrogen-bond donors (Lipinski definition) is 1. The van der Waals surface area contributed by atoms with E-state index in [1.165, 1.54) is 15.3 Å². The SMILES string of the molecule is CONCc1cccc2sc(C(C)C)nc12. The van der Waals surface area contributed by atoms with Gasteiger partial charge in [0.2, 0.25) is 0 Å². The van der Waals surface area contributed by atoms with E-state index in [1.54, 1.807) is 18.4 Å². The average molecular weight is 236 g/mol. The lowest BCUT2D eigenvalue weighted by Crippen LogP contribution is -2.10. The molecule has 0 unspecified atom stereocenters. The molecule has 0 aliphatic heterocycles. The van der Waals surface area contributed by atoms with Gasteiger partial charge in [0.15, 0.2) is 0 Å². The molecule has 0 saturated heterocycles. The quantitative estimate of drug-likeness (QED) is 0.828. The molecule has 3 nitrogen and oxygen atoms in total. The van der Waals surface area contributed by atoms with Crippen LogP contribution in [0.15, 0.2) is 18.2 Å². The Morgan fingerprint density at radius 3 is 2.94 bits per heavy atom. The average Bonchev–Trinajstić information content (AvgIpc) is 2.70. The van der Waals surface area contributed by atoms with Crippen LogP contribution in [0.1, 0.15) is 30.3 Å². The minimum atomic E-state index is 0.487. The highest BCUT2D eigenvalue weighted by molar-refractivity contribution is 7.18. The van der Waals surface area contributed by atoms with Crippen molar-refractivity contribution in [1.29, 1.82) is 0 Å². The van der Waals surface area contributed by atoms with E-state index in [1.807, 2.05) is 0 Å². The molecule has 1 aromatic heterocycles. The van der Waals surface area contributed by atoms with Crippen molar-refractivity contribution in [3.63, 3.8) is 0 Å². The van der Waals surface area contributed by atoms with Gasteiger partial charge in [-0.1, -0.05) is 26.0 Å². The summed E-state index contributed by atoms with van der Waals surface area (Å²) in [4.78, 5) is 9.56. The van der Waals surface area contributed by atoms with Gasteiger partial charge in [-0.2, -0.15) is 5.48 Å². The standard InChI is InChI=1S/C12H16N2OS/c1-8(2)12-14-11-9(7-13-15-3)5-4-6-10(11)16-12/h4-6,8,13H,7H2,1-3H3. The zero-order valence-electron chi connectivity index (χ0n) is 9.78. The topological polar surface area (TPSA) is 34.1 Å². The number of nitrogens with one attached hydrogen (secondary N) is 1. The van der Waals surface area contributed by atoms with Gasteiger partial charge in [-0.25, -0.2) is 4.98 Å². The first-order valence-electron chi connectivity index (χ1n) is 5.36. The van der Waals surface area contributed by atoms with Gasteiger partial charge in [-0.05, 0) is 11.6 Å². The summed E-state index contributed by atoms with van der Waals surface area (Å²) < 4.78 is 1.25. The van der Waals surface area contributed by atoms with E-state index >= 15 is 0 Å². The van der Waals surface area contributed by atoms with E-state index in [2.05, 4.69) is 42.5 Å². The van der Waals surface area contributed by atoms with Crippen molar-refractivity contribution >= 4 is 21.6 Å². The van der Waals surface area contributed by atoms with E-state index in [0.717, 1.165) is 5.52 Å². The van der Waals surface area contributed by atoms with E-state index in [0.29, 0.717) is 12.5 Å². The van der Waals surface area contributed by atoms with E-state index in [9.17, 15) is 0 Å². The summed E-state index contributed by atoms with van der Waals surface area (Å²) in [6, 6.07) is 6.27. The summed E-state index contributed by atoms with van der Waals surface area (Å²) in [5.74, 6) is 0.487. The molecule has 2 rings (SSSR count). The largest absolute Gasteiger partial charge is 0.305 e. The molecule has 86 valence electrons. The highest BCUT2D eigenvalue weighted by Gasteiger charge is 2.09. The summed E-state index contributed by atoms with van der Waals surface area (Å²) in [5, 5.41) is 1.19. The molecule has 0 radical (unpaired) electrons. The Labute approximate surface area is 99.4 Å². The third-order valence-electron chi connectivity index (χ3n) is 2.42.